The Bertz CT molecular complexity index is 980. The predicted octanol–water partition coefficient (Wildman–Crippen LogP) is 3.32. The number of non-ortho nitro benzene ring substituents is 1. The molecule has 0 aliphatic rings. The number of aryl methyl sites for hydroxylation is 1. The Hall–Kier alpha value is -3.81. The van der Waals surface area contributed by atoms with Crippen LogP contribution < -0.4 is 5.43 Å². The molecule has 26 heavy (non-hydrogen) atoms. The molecule has 0 atom stereocenters. The van der Waals surface area contributed by atoms with Gasteiger partial charge < -0.3 is 4.42 Å². The number of furan rings is 1. The average molecular weight is 350 g/mol. The Morgan fingerprint density at radius 1 is 1.27 bits per heavy atom. The van der Waals surface area contributed by atoms with E-state index in [2.05, 4.69) is 15.5 Å². The van der Waals surface area contributed by atoms with Gasteiger partial charge in [-0.1, -0.05) is 6.07 Å². The zero-order valence-electron chi connectivity index (χ0n) is 13.7. The molecule has 0 aliphatic heterocycles. The third-order valence-corrected chi connectivity index (χ3v) is 3.57. The van der Waals surface area contributed by atoms with Gasteiger partial charge >= 0.3 is 0 Å². The lowest BCUT2D eigenvalue weighted by molar-refractivity contribution is -0.384. The first-order valence-electron chi connectivity index (χ1n) is 7.64. The largest absolute Gasteiger partial charge is 0.455 e. The van der Waals surface area contributed by atoms with E-state index in [0.717, 1.165) is 11.1 Å². The molecule has 8 nitrogen and oxygen atoms in total. The molecule has 0 saturated carbocycles. The Labute approximate surface area is 148 Å². The van der Waals surface area contributed by atoms with Crippen molar-refractivity contribution in [2.75, 3.05) is 0 Å². The zero-order valence-corrected chi connectivity index (χ0v) is 13.7. The maximum Gasteiger partial charge on any atom is 0.289 e. The van der Waals surface area contributed by atoms with Gasteiger partial charge in [-0.05, 0) is 42.8 Å². The lowest BCUT2D eigenvalue weighted by Gasteiger charge is -2.02. The number of carbonyl (C=O) groups excluding carboxylic acids is 1. The summed E-state index contributed by atoms with van der Waals surface area (Å²) in [6, 6.07) is 13.0. The highest BCUT2D eigenvalue weighted by atomic mass is 16.6. The maximum atomic E-state index is 11.8. The summed E-state index contributed by atoms with van der Waals surface area (Å²) in [5, 5.41) is 14.6. The highest BCUT2D eigenvalue weighted by molar-refractivity contribution is 5.92. The number of nitrogens with one attached hydrogen (secondary N) is 1. The van der Waals surface area contributed by atoms with Crippen molar-refractivity contribution in [3.05, 3.63) is 81.9 Å². The molecule has 3 rings (SSSR count). The van der Waals surface area contributed by atoms with Gasteiger partial charge in [0.15, 0.2) is 0 Å². The standard InChI is InChI=1S/C18H14N4O4/c1-12-10-13(22(24)25)5-7-15(12)17-8-6-14(26-17)11-20-21-18(23)16-4-2-3-9-19-16/h2-11H,1H3,(H,21,23)/b20-11-. The summed E-state index contributed by atoms with van der Waals surface area (Å²) in [6.07, 6.45) is 2.88. The molecule has 0 unspecified atom stereocenters. The predicted molar refractivity (Wildman–Crippen MR) is 94.8 cm³/mol. The van der Waals surface area contributed by atoms with Crippen molar-refractivity contribution in [1.29, 1.82) is 0 Å². The number of carbonyl (C=O) groups is 1. The van der Waals surface area contributed by atoms with Crippen LogP contribution in [-0.2, 0) is 0 Å². The molecule has 2 heterocycles. The second kappa shape index (κ2) is 7.39. The summed E-state index contributed by atoms with van der Waals surface area (Å²) >= 11 is 0. The zero-order chi connectivity index (χ0) is 18.5. The Morgan fingerprint density at radius 3 is 2.81 bits per heavy atom. The van der Waals surface area contributed by atoms with E-state index in [1.807, 2.05) is 0 Å². The number of hydrazone groups is 1. The Balaban J connectivity index is 1.70. The molecule has 8 heteroatoms. The summed E-state index contributed by atoms with van der Waals surface area (Å²) in [6.45, 7) is 1.77. The van der Waals surface area contributed by atoms with Crippen LogP contribution in [0.5, 0.6) is 0 Å². The fraction of sp³-hybridized carbons (Fsp3) is 0.0556. The van der Waals surface area contributed by atoms with Crippen molar-refractivity contribution in [1.82, 2.24) is 10.4 Å². The molecule has 3 aromatic rings. The van der Waals surface area contributed by atoms with E-state index < -0.39 is 10.8 Å². The van der Waals surface area contributed by atoms with Crippen LogP contribution in [-0.4, -0.2) is 22.0 Å². The van der Waals surface area contributed by atoms with Gasteiger partial charge in [0.1, 0.15) is 17.2 Å². The van der Waals surface area contributed by atoms with E-state index in [-0.39, 0.29) is 11.4 Å². The van der Waals surface area contributed by atoms with Gasteiger partial charge in [0.2, 0.25) is 0 Å². The fourth-order valence-corrected chi connectivity index (χ4v) is 2.31. The number of nitrogens with zero attached hydrogens (tertiary/aromatic N) is 3. The summed E-state index contributed by atoms with van der Waals surface area (Å²) < 4.78 is 5.65. The molecule has 1 amide bonds. The number of hydrogen-bond donors (Lipinski definition) is 1. The van der Waals surface area contributed by atoms with Gasteiger partial charge in [0, 0.05) is 23.9 Å². The normalized spacial score (nSPS) is 10.8. The highest BCUT2D eigenvalue weighted by Crippen LogP contribution is 2.28. The number of hydrogen-bond acceptors (Lipinski definition) is 6. The van der Waals surface area contributed by atoms with E-state index in [0.29, 0.717) is 11.5 Å². The number of amides is 1. The van der Waals surface area contributed by atoms with Gasteiger partial charge in [0.05, 0.1) is 11.1 Å². The van der Waals surface area contributed by atoms with Crippen LogP contribution in [0.15, 0.2) is 64.2 Å². The molecular formula is C18H14N4O4. The minimum absolute atomic E-state index is 0.0248. The third kappa shape index (κ3) is 3.81. The maximum absolute atomic E-state index is 11.8. The van der Waals surface area contributed by atoms with Crippen molar-refractivity contribution in [3.63, 3.8) is 0 Å². The molecule has 0 saturated heterocycles. The van der Waals surface area contributed by atoms with Gasteiger partial charge in [-0.3, -0.25) is 19.9 Å². The smallest absolute Gasteiger partial charge is 0.289 e. The van der Waals surface area contributed by atoms with Crippen LogP contribution >= 0.6 is 0 Å². The molecule has 0 radical (unpaired) electrons. The summed E-state index contributed by atoms with van der Waals surface area (Å²) in [7, 11) is 0. The van der Waals surface area contributed by atoms with Gasteiger partial charge in [0.25, 0.3) is 11.6 Å². The minimum Gasteiger partial charge on any atom is -0.455 e. The number of aromatic nitrogens is 1. The van der Waals surface area contributed by atoms with E-state index in [9.17, 15) is 14.9 Å². The van der Waals surface area contributed by atoms with Crippen LogP contribution in [0.4, 0.5) is 5.69 Å². The molecule has 1 aromatic carbocycles. The number of pyridine rings is 1. The minimum atomic E-state index is -0.443. The monoisotopic (exact) mass is 350 g/mol. The van der Waals surface area contributed by atoms with Crippen LogP contribution in [0.1, 0.15) is 21.8 Å². The molecule has 0 aliphatic carbocycles. The van der Waals surface area contributed by atoms with Crippen molar-refractivity contribution in [2.45, 2.75) is 6.92 Å². The van der Waals surface area contributed by atoms with Gasteiger partial charge in [-0.25, -0.2) is 5.43 Å². The first-order chi connectivity index (χ1) is 12.5. The second-order valence-corrected chi connectivity index (χ2v) is 5.37. The van der Waals surface area contributed by atoms with Crippen LogP contribution in [0.2, 0.25) is 0 Å². The number of nitro groups is 1. The highest BCUT2D eigenvalue weighted by Gasteiger charge is 2.12. The molecule has 2 aromatic heterocycles. The molecule has 0 fully saturated rings. The van der Waals surface area contributed by atoms with Gasteiger partial charge in [-0.15, -0.1) is 0 Å². The molecule has 1 N–H and O–H groups in total. The quantitative estimate of drug-likeness (QED) is 0.431. The van der Waals surface area contributed by atoms with Gasteiger partial charge in [-0.2, -0.15) is 5.10 Å². The fourth-order valence-electron chi connectivity index (χ4n) is 2.31. The topological polar surface area (TPSA) is 111 Å². The molecule has 0 bridgehead atoms. The SMILES string of the molecule is Cc1cc([N+](=O)[O-])ccc1-c1ccc(/C=N\NC(=O)c2ccccn2)o1. The van der Waals surface area contributed by atoms with E-state index in [4.69, 9.17) is 4.42 Å². The summed E-state index contributed by atoms with van der Waals surface area (Å²) in [5.74, 6) is 0.550. The van der Waals surface area contributed by atoms with Crippen LogP contribution in [0.25, 0.3) is 11.3 Å². The van der Waals surface area contributed by atoms with Crippen molar-refractivity contribution in [3.8, 4) is 11.3 Å². The van der Waals surface area contributed by atoms with Crippen molar-refractivity contribution >= 4 is 17.8 Å². The third-order valence-electron chi connectivity index (χ3n) is 3.57. The lowest BCUT2D eigenvalue weighted by atomic mass is 10.1. The van der Waals surface area contributed by atoms with Crippen molar-refractivity contribution in [2.24, 2.45) is 5.10 Å². The van der Waals surface area contributed by atoms with Crippen LogP contribution in [0.3, 0.4) is 0 Å². The Morgan fingerprint density at radius 2 is 2.12 bits per heavy atom. The molecule has 0 spiro atoms. The Kier molecular flexibility index (Phi) is 4.84. The van der Waals surface area contributed by atoms with E-state index in [1.54, 1.807) is 43.3 Å². The second-order valence-electron chi connectivity index (χ2n) is 5.37. The average Bonchev–Trinajstić information content (AvgIpc) is 3.10. The number of rotatable bonds is 5. The first kappa shape index (κ1) is 17.0. The van der Waals surface area contributed by atoms with Crippen LogP contribution in [0, 0.1) is 17.0 Å². The number of benzene rings is 1. The molecular weight excluding hydrogens is 336 g/mol. The number of nitro benzene ring substituents is 1. The summed E-state index contributed by atoms with van der Waals surface area (Å²) in [5.41, 5.74) is 4.11. The molecule has 130 valence electrons. The van der Waals surface area contributed by atoms with Crippen molar-refractivity contribution < 1.29 is 14.1 Å². The first-order valence-corrected chi connectivity index (χ1v) is 7.64. The summed E-state index contributed by atoms with van der Waals surface area (Å²) in [4.78, 5) is 26.1. The lowest BCUT2D eigenvalue weighted by Crippen LogP contribution is -2.18. The van der Waals surface area contributed by atoms with E-state index in [1.165, 1.54) is 24.5 Å². The van der Waals surface area contributed by atoms with E-state index >= 15 is 0 Å².